The van der Waals surface area contributed by atoms with E-state index >= 15 is 0 Å². The molecule has 0 aromatic rings. The van der Waals surface area contributed by atoms with Crippen molar-refractivity contribution in [2.75, 3.05) is 6.61 Å². The van der Waals surface area contributed by atoms with Crippen LogP contribution in [0.5, 0.6) is 0 Å². The maximum Gasteiger partial charge on any atom is 0.332 e. The fraction of sp³-hybridized carbons (Fsp3) is 0.750. The van der Waals surface area contributed by atoms with Crippen molar-refractivity contribution in [3.8, 4) is 0 Å². The average Bonchev–Trinajstić information content (AvgIpc) is 2.26. The van der Waals surface area contributed by atoms with Crippen LogP contribution in [0.25, 0.3) is 0 Å². The van der Waals surface area contributed by atoms with Crippen molar-refractivity contribution in [3.63, 3.8) is 0 Å². The van der Waals surface area contributed by atoms with Gasteiger partial charge in [-0.1, -0.05) is 0 Å². The summed E-state index contributed by atoms with van der Waals surface area (Å²) >= 11 is 0. The summed E-state index contributed by atoms with van der Waals surface area (Å²) < 4.78 is 0. The molecule has 0 heterocycles. The van der Waals surface area contributed by atoms with Crippen molar-refractivity contribution in [2.45, 2.75) is 31.3 Å². The number of aldehydes is 1. The van der Waals surface area contributed by atoms with E-state index in [0.29, 0.717) is 0 Å². The number of aliphatic hydroxyl groups excluding tert-OH is 5. The molecular formula is C8H16O8. The number of hydrogen-bond donors (Lipinski definition) is 6. The number of aliphatic carboxylic acids is 1. The monoisotopic (exact) mass is 240 g/mol. The fourth-order valence-corrected chi connectivity index (χ4v) is 0.416. The Labute approximate surface area is 91.4 Å². The van der Waals surface area contributed by atoms with Crippen LogP contribution in [0.15, 0.2) is 0 Å². The summed E-state index contributed by atoms with van der Waals surface area (Å²) in [5.74, 6) is -1.19. The maximum atomic E-state index is 9.76. The van der Waals surface area contributed by atoms with Crippen LogP contribution >= 0.6 is 0 Å². The summed E-state index contributed by atoms with van der Waals surface area (Å²) in [5.41, 5.74) is 0. The van der Waals surface area contributed by atoms with E-state index in [9.17, 15) is 9.59 Å². The lowest BCUT2D eigenvalue weighted by atomic mass is 10.1. The van der Waals surface area contributed by atoms with E-state index in [1.165, 1.54) is 6.92 Å². The minimum Gasteiger partial charge on any atom is -0.479 e. The van der Waals surface area contributed by atoms with Crippen LogP contribution in [0, 0.1) is 0 Å². The third-order valence-electron chi connectivity index (χ3n) is 1.43. The second kappa shape index (κ2) is 9.19. The van der Waals surface area contributed by atoms with Gasteiger partial charge in [-0.05, 0) is 6.92 Å². The molecule has 0 aromatic heterocycles. The summed E-state index contributed by atoms with van der Waals surface area (Å²) in [6.07, 6.45) is -5.86. The Balaban J connectivity index is 0. The molecule has 0 radical (unpaired) electrons. The zero-order valence-electron chi connectivity index (χ0n) is 8.59. The zero-order valence-corrected chi connectivity index (χ0v) is 8.59. The van der Waals surface area contributed by atoms with Crippen molar-refractivity contribution in [1.29, 1.82) is 0 Å². The molecule has 0 fully saturated rings. The molecule has 0 spiro atoms. The molecule has 0 aromatic carbocycles. The quantitative estimate of drug-likeness (QED) is 0.273. The van der Waals surface area contributed by atoms with Gasteiger partial charge in [0.15, 0.2) is 6.29 Å². The molecule has 4 atom stereocenters. The molecule has 0 aliphatic carbocycles. The molecule has 0 aliphatic rings. The Bertz CT molecular complexity index is 204. The van der Waals surface area contributed by atoms with Gasteiger partial charge in [-0.25, -0.2) is 4.79 Å². The first-order valence-corrected chi connectivity index (χ1v) is 4.29. The third kappa shape index (κ3) is 8.26. The second-order valence-corrected chi connectivity index (χ2v) is 2.88. The summed E-state index contributed by atoms with van der Waals surface area (Å²) in [6.45, 7) is 0.508. The number of carbonyl (C=O) groups excluding carboxylic acids is 1. The normalized spacial score (nSPS) is 17.4. The van der Waals surface area contributed by atoms with Gasteiger partial charge in [0, 0.05) is 0 Å². The van der Waals surface area contributed by atoms with Crippen LogP contribution in [0.2, 0.25) is 0 Å². The molecule has 4 unspecified atom stereocenters. The lowest BCUT2D eigenvalue weighted by Crippen LogP contribution is -2.40. The van der Waals surface area contributed by atoms with E-state index in [2.05, 4.69) is 0 Å². The Morgan fingerprint density at radius 2 is 1.62 bits per heavy atom. The highest BCUT2D eigenvalue weighted by Crippen LogP contribution is 1.96. The molecule has 6 N–H and O–H groups in total. The second-order valence-electron chi connectivity index (χ2n) is 2.88. The predicted octanol–water partition coefficient (Wildman–Crippen LogP) is -3.29. The minimum absolute atomic E-state index is 0.0869. The molecule has 0 saturated heterocycles. The fourth-order valence-electron chi connectivity index (χ4n) is 0.416. The molecular weight excluding hydrogens is 224 g/mol. The van der Waals surface area contributed by atoms with Crippen molar-refractivity contribution in [2.24, 2.45) is 0 Å². The average molecular weight is 240 g/mol. The highest BCUT2D eigenvalue weighted by Gasteiger charge is 2.22. The van der Waals surface area contributed by atoms with Gasteiger partial charge < -0.3 is 35.4 Å². The van der Waals surface area contributed by atoms with Crippen LogP contribution in [-0.4, -0.2) is 73.9 Å². The Hall–Kier alpha value is -1.06. The molecule has 96 valence electrons. The minimum atomic E-state index is -1.64. The Morgan fingerprint density at radius 3 is 1.81 bits per heavy atom. The lowest BCUT2D eigenvalue weighted by Gasteiger charge is -2.16. The van der Waals surface area contributed by atoms with Crippen LogP contribution in [0.1, 0.15) is 6.92 Å². The van der Waals surface area contributed by atoms with Gasteiger partial charge in [-0.2, -0.15) is 0 Å². The molecule has 8 heteroatoms. The number of carboxylic acid groups (broad SMARTS) is 1. The van der Waals surface area contributed by atoms with Gasteiger partial charge in [-0.15, -0.1) is 0 Å². The topological polar surface area (TPSA) is 156 Å². The van der Waals surface area contributed by atoms with Crippen molar-refractivity contribution in [3.05, 3.63) is 0 Å². The summed E-state index contributed by atoms with van der Waals surface area (Å²) in [5, 5.41) is 49.8. The van der Waals surface area contributed by atoms with Gasteiger partial charge in [0.05, 0.1) is 6.61 Å². The van der Waals surface area contributed by atoms with Crippen LogP contribution in [0.4, 0.5) is 0 Å². The maximum absolute atomic E-state index is 9.76. The van der Waals surface area contributed by atoms with Gasteiger partial charge in [0.2, 0.25) is 0 Å². The third-order valence-corrected chi connectivity index (χ3v) is 1.43. The number of carboxylic acids is 1. The molecule has 8 nitrogen and oxygen atoms in total. The van der Waals surface area contributed by atoms with Gasteiger partial charge in [-0.3, -0.25) is 0 Å². The van der Waals surface area contributed by atoms with E-state index < -0.39 is 37.0 Å². The van der Waals surface area contributed by atoms with E-state index in [-0.39, 0.29) is 6.29 Å². The molecule has 16 heavy (non-hydrogen) atoms. The standard InChI is InChI=1S/C5H10O5.C3H6O3/c6-1-3(8)5(10)4(9)2-7;1-2(4)3(5)6/h1,3-5,7-10H,2H2;2,4H,1H3,(H,5,6). The first kappa shape index (κ1) is 17.3. The molecule has 0 aliphatic heterocycles. The number of hydrogen-bond acceptors (Lipinski definition) is 7. The highest BCUT2D eigenvalue weighted by molar-refractivity contribution is 5.71. The number of rotatable bonds is 5. The Morgan fingerprint density at radius 1 is 1.25 bits per heavy atom. The van der Waals surface area contributed by atoms with E-state index in [1.54, 1.807) is 0 Å². The van der Waals surface area contributed by atoms with Gasteiger partial charge in [0.1, 0.15) is 24.4 Å². The summed E-state index contributed by atoms with van der Waals surface area (Å²) in [6, 6.07) is 0. The largest absolute Gasteiger partial charge is 0.479 e. The van der Waals surface area contributed by atoms with E-state index in [0.717, 1.165) is 0 Å². The van der Waals surface area contributed by atoms with E-state index in [1.807, 2.05) is 0 Å². The summed E-state index contributed by atoms with van der Waals surface area (Å²) in [7, 11) is 0. The molecule has 0 amide bonds. The van der Waals surface area contributed by atoms with Crippen molar-refractivity contribution < 1.29 is 40.2 Å². The molecule has 0 bridgehead atoms. The lowest BCUT2D eigenvalue weighted by molar-refractivity contribution is -0.145. The van der Waals surface area contributed by atoms with E-state index in [4.69, 9.17) is 30.6 Å². The van der Waals surface area contributed by atoms with Gasteiger partial charge >= 0.3 is 5.97 Å². The van der Waals surface area contributed by atoms with Crippen LogP contribution < -0.4 is 0 Å². The zero-order chi connectivity index (χ0) is 13.3. The molecule has 0 rings (SSSR count). The smallest absolute Gasteiger partial charge is 0.332 e. The number of aliphatic hydroxyl groups is 5. The predicted molar refractivity (Wildman–Crippen MR) is 50.5 cm³/mol. The van der Waals surface area contributed by atoms with Crippen LogP contribution in [0.3, 0.4) is 0 Å². The first-order valence-electron chi connectivity index (χ1n) is 4.29. The molecule has 0 saturated carbocycles. The first-order chi connectivity index (χ1) is 7.27. The van der Waals surface area contributed by atoms with Crippen LogP contribution in [-0.2, 0) is 9.59 Å². The highest BCUT2D eigenvalue weighted by atomic mass is 16.4. The van der Waals surface area contributed by atoms with Crippen molar-refractivity contribution in [1.82, 2.24) is 0 Å². The SMILES string of the molecule is CC(O)C(=O)O.O=CC(O)C(O)C(O)CO. The number of carbonyl (C=O) groups is 2. The van der Waals surface area contributed by atoms with Crippen molar-refractivity contribution >= 4 is 12.3 Å². The Kier molecular flexibility index (Phi) is 9.96. The van der Waals surface area contributed by atoms with Gasteiger partial charge in [0.25, 0.3) is 0 Å². The summed E-state index contributed by atoms with van der Waals surface area (Å²) in [4.78, 5) is 19.2.